The van der Waals surface area contributed by atoms with Crippen molar-refractivity contribution in [3.8, 4) is 0 Å². The number of rotatable bonds is 2. The minimum atomic E-state index is -1.11. The SMILES string of the molecule is C[C@@H](N)[C@@H](O)c1cc(Cl)cc(Cl)c1F. The van der Waals surface area contributed by atoms with Crippen LogP contribution in [0.15, 0.2) is 12.1 Å². The van der Waals surface area contributed by atoms with E-state index in [-0.39, 0.29) is 15.6 Å². The van der Waals surface area contributed by atoms with Crippen molar-refractivity contribution in [1.82, 2.24) is 0 Å². The Kier molecular flexibility index (Phi) is 3.72. The van der Waals surface area contributed by atoms with Crippen molar-refractivity contribution in [3.05, 3.63) is 33.6 Å². The van der Waals surface area contributed by atoms with E-state index in [0.717, 1.165) is 0 Å². The molecular formula is C9H10Cl2FNO. The highest BCUT2D eigenvalue weighted by Crippen LogP contribution is 2.28. The van der Waals surface area contributed by atoms with E-state index in [4.69, 9.17) is 28.9 Å². The van der Waals surface area contributed by atoms with Gasteiger partial charge in [-0.15, -0.1) is 0 Å². The summed E-state index contributed by atoms with van der Waals surface area (Å²) in [5, 5.41) is 9.70. The average molecular weight is 238 g/mol. The Bertz CT molecular complexity index is 344. The highest BCUT2D eigenvalue weighted by Gasteiger charge is 2.19. The van der Waals surface area contributed by atoms with Crippen LogP contribution in [0.25, 0.3) is 0 Å². The molecule has 0 bridgehead atoms. The average Bonchev–Trinajstić information content (AvgIpc) is 2.09. The highest BCUT2D eigenvalue weighted by atomic mass is 35.5. The largest absolute Gasteiger partial charge is 0.387 e. The Morgan fingerprint density at radius 3 is 2.50 bits per heavy atom. The summed E-state index contributed by atoms with van der Waals surface area (Å²) in [6, 6.07) is 2.01. The number of aliphatic hydroxyl groups is 1. The highest BCUT2D eigenvalue weighted by molar-refractivity contribution is 6.34. The molecule has 0 spiro atoms. The fourth-order valence-corrected chi connectivity index (χ4v) is 1.58. The molecule has 0 fully saturated rings. The van der Waals surface area contributed by atoms with Gasteiger partial charge in [0.2, 0.25) is 0 Å². The third-order valence-corrected chi connectivity index (χ3v) is 2.33. The number of hydrogen-bond donors (Lipinski definition) is 2. The summed E-state index contributed by atoms with van der Waals surface area (Å²) in [6.45, 7) is 1.57. The standard InChI is InChI=1S/C9H10Cl2FNO/c1-4(13)9(14)6-2-5(10)3-7(11)8(6)12/h2-4,9,14H,13H2,1H3/t4-,9-/m1/s1. The van der Waals surface area contributed by atoms with Crippen molar-refractivity contribution in [2.75, 3.05) is 0 Å². The van der Waals surface area contributed by atoms with Gasteiger partial charge in [0, 0.05) is 16.6 Å². The van der Waals surface area contributed by atoms with Crippen molar-refractivity contribution in [1.29, 1.82) is 0 Å². The monoisotopic (exact) mass is 237 g/mol. The van der Waals surface area contributed by atoms with Gasteiger partial charge in [0.15, 0.2) is 0 Å². The van der Waals surface area contributed by atoms with E-state index in [1.807, 2.05) is 0 Å². The van der Waals surface area contributed by atoms with Gasteiger partial charge in [-0.2, -0.15) is 0 Å². The molecule has 2 nitrogen and oxygen atoms in total. The Balaban J connectivity index is 3.20. The summed E-state index contributed by atoms with van der Waals surface area (Å²) in [7, 11) is 0. The molecule has 1 aromatic rings. The Labute approximate surface area is 91.4 Å². The van der Waals surface area contributed by atoms with Crippen LogP contribution in [0.4, 0.5) is 4.39 Å². The molecule has 14 heavy (non-hydrogen) atoms. The number of halogens is 3. The molecule has 78 valence electrons. The zero-order valence-corrected chi connectivity index (χ0v) is 8.98. The molecule has 0 aliphatic carbocycles. The Morgan fingerprint density at radius 1 is 1.43 bits per heavy atom. The van der Waals surface area contributed by atoms with Crippen molar-refractivity contribution in [2.24, 2.45) is 5.73 Å². The van der Waals surface area contributed by atoms with Crippen LogP contribution in [0.2, 0.25) is 10.0 Å². The van der Waals surface area contributed by atoms with Gasteiger partial charge in [0.05, 0.1) is 11.1 Å². The zero-order valence-electron chi connectivity index (χ0n) is 7.47. The summed E-state index contributed by atoms with van der Waals surface area (Å²) < 4.78 is 13.4. The van der Waals surface area contributed by atoms with E-state index in [2.05, 4.69) is 0 Å². The van der Waals surface area contributed by atoms with Gasteiger partial charge in [0.25, 0.3) is 0 Å². The van der Waals surface area contributed by atoms with Gasteiger partial charge in [-0.05, 0) is 19.1 Å². The van der Waals surface area contributed by atoms with Crippen LogP contribution in [0.3, 0.4) is 0 Å². The number of hydrogen-bond acceptors (Lipinski definition) is 2. The van der Waals surface area contributed by atoms with E-state index >= 15 is 0 Å². The molecule has 0 amide bonds. The number of nitrogens with two attached hydrogens (primary N) is 1. The fraction of sp³-hybridized carbons (Fsp3) is 0.333. The van der Waals surface area contributed by atoms with E-state index in [0.29, 0.717) is 0 Å². The first-order chi connectivity index (χ1) is 6.43. The molecule has 0 heterocycles. The maximum Gasteiger partial charge on any atom is 0.147 e. The molecule has 1 aromatic carbocycles. The lowest BCUT2D eigenvalue weighted by Gasteiger charge is -2.16. The fourth-order valence-electron chi connectivity index (χ4n) is 1.07. The van der Waals surface area contributed by atoms with Crippen molar-refractivity contribution in [2.45, 2.75) is 19.1 Å². The van der Waals surface area contributed by atoms with Crippen molar-refractivity contribution < 1.29 is 9.50 Å². The summed E-state index contributed by atoms with van der Waals surface area (Å²) in [4.78, 5) is 0. The number of benzene rings is 1. The van der Waals surface area contributed by atoms with E-state index in [1.54, 1.807) is 6.92 Å². The second kappa shape index (κ2) is 4.45. The van der Waals surface area contributed by atoms with Crippen molar-refractivity contribution >= 4 is 23.2 Å². The quantitative estimate of drug-likeness (QED) is 0.777. The third kappa shape index (κ3) is 2.36. The Hall–Kier alpha value is -0.350. The van der Waals surface area contributed by atoms with Crippen molar-refractivity contribution in [3.63, 3.8) is 0 Å². The van der Waals surface area contributed by atoms with Crippen LogP contribution in [-0.4, -0.2) is 11.1 Å². The predicted molar refractivity (Wildman–Crippen MR) is 55.0 cm³/mol. The molecular weight excluding hydrogens is 228 g/mol. The summed E-state index contributed by atoms with van der Waals surface area (Å²) >= 11 is 11.2. The molecule has 3 N–H and O–H groups in total. The van der Waals surface area contributed by atoms with Gasteiger partial charge in [0.1, 0.15) is 5.82 Å². The lowest BCUT2D eigenvalue weighted by Crippen LogP contribution is -2.25. The van der Waals surface area contributed by atoms with Crippen LogP contribution in [0, 0.1) is 5.82 Å². The molecule has 0 unspecified atom stereocenters. The van der Waals surface area contributed by atoms with Gasteiger partial charge < -0.3 is 10.8 Å². The molecule has 0 aliphatic rings. The van der Waals surface area contributed by atoms with Crippen LogP contribution >= 0.6 is 23.2 Å². The van der Waals surface area contributed by atoms with Gasteiger partial charge in [-0.1, -0.05) is 23.2 Å². The van der Waals surface area contributed by atoms with E-state index in [1.165, 1.54) is 12.1 Å². The minimum absolute atomic E-state index is 0.0255. The minimum Gasteiger partial charge on any atom is -0.387 e. The molecule has 0 saturated heterocycles. The zero-order chi connectivity index (χ0) is 10.9. The molecule has 0 aliphatic heterocycles. The summed E-state index contributed by atoms with van der Waals surface area (Å²) in [5.74, 6) is -0.680. The molecule has 5 heteroatoms. The van der Waals surface area contributed by atoms with Crippen LogP contribution in [0.5, 0.6) is 0 Å². The van der Waals surface area contributed by atoms with Crippen LogP contribution in [-0.2, 0) is 0 Å². The Morgan fingerprint density at radius 2 is 2.00 bits per heavy atom. The third-order valence-electron chi connectivity index (χ3n) is 1.84. The molecule has 0 aromatic heterocycles. The maximum atomic E-state index is 13.4. The summed E-state index contributed by atoms with van der Waals surface area (Å²) in [6.07, 6.45) is -1.11. The predicted octanol–water partition coefficient (Wildman–Crippen LogP) is 2.51. The summed E-state index contributed by atoms with van der Waals surface area (Å²) in [5.41, 5.74) is 5.46. The first-order valence-corrected chi connectivity index (χ1v) is 4.77. The second-order valence-electron chi connectivity index (χ2n) is 3.09. The van der Waals surface area contributed by atoms with Gasteiger partial charge >= 0.3 is 0 Å². The smallest absolute Gasteiger partial charge is 0.147 e. The van der Waals surface area contributed by atoms with Gasteiger partial charge in [-0.3, -0.25) is 0 Å². The lowest BCUT2D eigenvalue weighted by molar-refractivity contribution is 0.149. The molecule has 0 radical (unpaired) electrons. The van der Waals surface area contributed by atoms with Crippen LogP contribution < -0.4 is 5.73 Å². The normalized spacial score (nSPS) is 15.3. The molecule has 1 rings (SSSR count). The first kappa shape index (κ1) is 11.7. The molecule has 0 saturated carbocycles. The second-order valence-corrected chi connectivity index (χ2v) is 3.94. The lowest BCUT2D eigenvalue weighted by atomic mass is 10.0. The van der Waals surface area contributed by atoms with E-state index < -0.39 is 18.0 Å². The topological polar surface area (TPSA) is 46.2 Å². The first-order valence-electron chi connectivity index (χ1n) is 4.01. The maximum absolute atomic E-state index is 13.4. The van der Waals surface area contributed by atoms with Crippen LogP contribution in [0.1, 0.15) is 18.6 Å². The van der Waals surface area contributed by atoms with E-state index in [9.17, 15) is 9.50 Å². The number of aliphatic hydroxyl groups excluding tert-OH is 1. The molecule has 2 atom stereocenters. The van der Waals surface area contributed by atoms with Gasteiger partial charge in [-0.25, -0.2) is 4.39 Å².